The van der Waals surface area contributed by atoms with Crippen LogP contribution in [0.3, 0.4) is 0 Å². The molecule has 152 valence electrons. The summed E-state index contributed by atoms with van der Waals surface area (Å²) in [6.45, 7) is 9.73. The van der Waals surface area contributed by atoms with Crippen LogP contribution in [0.5, 0.6) is 0 Å². The molecule has 0 aliphatic carbocycles. The smallest absolute Gasteiger partial charge is 0.251 e. The van der Waals surface area contributed by atoms with Crippen LogP contribution in [0.15, 0.2) is 29.2 Å². The van der Waals surface area contributed by atoms with Crippen molar-refractivity contribution in [3.8, 4) is 0 Å². The van der Waals surface area contributed by atoms with Crippen molar-refractivity contribution in [2.75, 3.05) is 32.7 Å². The first kappa shape index (κ1) is 21.9. The standard InChI is InChI=1S/C20H33N3O3S/c1-4-14-23(15-5-2)27(25,26)18-8-6-17(7-9-18)19(24)22-16-20(3)10-12-21-13-11-20/h6-9,21H,4-5,10-16H2,1-3H3,(H,22,24). The number of rotatable bonds is 9. The molecule has 1 fully saturated rings. The summed E-state index contributed by atoms with van der Waals surface area (Å²) in [6.07, 6.45) is 3.62. The lowest BCUT2D eigenvalue weighted by Crippen LogP contribution is -2.42. The molecule has 1 amide bonds. The quantitative estimate of drug-likeness (QED) is 0.674. The Morgan fingerprint density at radius 2 is 1.67 bits per heavy atom. The van der Waals surface area contributed by atoms with Gasteiger partial charge in [-0.05, 0) is 68.5 Å². The predicted molar refractivity (Wildman–Crippen MR) is 108 cm³/mol. The lowest BCUT2D eigenvalue weighted by Gasteiger charge is -2.34. The Morgan fingerprint density at radius 1 is 1.11 bits per heavy atom. The van der Waals surface area contributed by atoms with Crippen LogP contribution in [0.2, 0.25) is 0 Å². The second kappa shape index (κ2) is 9.66. The molecule has 1 aliphatic heterocycles. The molecule has 1 aromatic rings. The average molecular weight is 396 g/mol. The molecular weight excluding hydrogens is 362 g/mol. The summed E-state index contributed by atoms with van der Waals surface area (Å²) >= 11 is 0. The largest absolute Gasteiger partial charge is 0.351 e. The fraction of sp³-hybridized carbons (Fsp3) is 0.650. The van der Waals surface area contributed by atoms with Crippen molar-refractivity contribution in [3.63, 3.8) is 0 Å². The van der Waals surface area contributed by atoms with Gasteiger partial charge >= 0.3 is 0 Å². The Labute approximate surface area is 163 Å². The highest BCUT2D eigenvalue weighted by Gasteiger charge is 2.27. The molecule has 1 heterocycles. The summed E-state index contributed by atoms with van der Waals surface area (Å²) in [4.78, 5) is 12.7. The van der Waals surface area contributed by atoms with Gasteiger partial charge in [-0.25, -0.2) is 8.42 Å². The first-order chi connectivity index (χ1) is 12.8. The van der Waals surface area contributed by atoms with E-state index in [1.54, 1.807) is 12.1 Å². The number of carbonyl (C=O) groups excluding carboxylic acids is 1. The zero-order valence-corrected chi connectivity index (χ0v) is 17.6. The fourth-order valence-corrected chi connectivity index (χ4v) is 5.01. The zero-order chi connectivity index (χ0) is 19.9. The second-order valence-electron chi connectivity index (χ2n) is 7.67. The van der Waals surface area contributed by atoms with Crippen LogP contribution >= 0.6 is 0 Å². The molecule has 0 bridgehead atoms. The summed E-state index contributed by atoms with van der Waals surface area (Å²) in [7, 11) is -3.51. The average Bonchev–Trinajstić information content (AvgIpc) is 2.66. The van der Waals surface area contributed by atoms with Crippen LogP contribution in [-0.4, -0.2) is 51.4 Å². The molecule has 0 spiro atoms. The van der Waals surface area contributed by atoms with E-state index in [4.69, 9.17) is 0 Å². The molecule has 7 heteroatoms. The molecule has 0 saturated carbocycles. The van der Waals surface area contributed by atoms with Gasteiger partial charge in [0, 0.05) is 25.2 Å². The molecule has 0 radical (unpaired) electrons. The molecule has 2 N–H and O–H groups in total. The number of piperidine rings is 1. The number of sulfonamides is 1. The van der Waals surface area contributed by atoms with Crippen molar-refractivity contribution in [1.82, 2.24) is 14.9 Å². The number of nitrogens with one attached hydrogen (secondary N) is 2. The van der Waals surface area contributed by atoms with Gasteiger partial charge in [0.05, 0.1) is 4.90 Å². The SMILES string of the molecule is CCCN(CCC)S(=O)(=O)c1ccc(C(=O)NCC2(C)CCNCC2)cc1. The molecule has 1 aliphatic rings. The van der Waals surface area contributed by atoms with Gasteiger partial charge in [-0.2, -0.15) is 4.31 Å². The van der Waals surface area contributed by atoms with Crippen molar-refractivity contribution in [2.24, 2.45) is 5.41 Å². The van der Waals surface area contributed by atoms with Gasteiger partial charge in [0.15, 0.2) is 0 Å². The number of hydrogen-bond acceptors (Lipinski definition) is 4. The van der Waals surface area contributed by atoms with E-state index >= 15 is 0 Å². The third-order valence-corrected chi connectivity index (χ3v) is 7.10. The van der Waals surface area contributed by atoms with E-state index in [1.165, 1.54) is 16.4 Å². The maximum Gasteiger partial charge on any atom is 0.251 e. The Balaban J connectivity index is 2.03. The number of benzene rings is 1. The molecule has 6 nitrogen and oxygen atoms in total. The molecule has 0 atom stereocenters. The number of nitrogens with zero attached hydrogens (tertiary/aromatic N) is 1. The van der Waals surface area contributed by atoms with Crippen molar-refractivity contribution < 1.29 is 13.2 Å². The van der Waals surface area contributed by atoms with Crippen LogP contribution in [-0.2, 0) is 10.0 Å². The van der Waals surface area contributed by atoms with Gasteiger partial charge in [-0.3, -0.25) is 4.79 Å². The third kappa shape index (κ3) is 5.77. The summed E-state index contributed by atoms with van der Waals surface area (Å²) < 4.78 is 27.1. The predicted octanol–water partition coefficient (Wildman–Crippen LogP) is 2.62. The van der Waals surface area contributed by atoms with E-state index in [2.05, 4.69) is 17.6 Å². The van der Waals surface area contributed by atoms with E-state index in [9.17, 15) is 13.2 Å². The summed E-state index contributed by atoms with van der Waals surface area (Å²) in [5.41, 5.74) is 0.606. The highest BCUT2D eigenvalue weighted by atomic mass is 32.2. The Morgan fingerprint density at radius 3 is 2.19 bits per heavy atom. The molecule has 0 aromatic heterocycles. The third-order valence-electron chi connectivity index (χ3n) is 5.19. The van der Waals surface area contributed by atoms with Gasteiger partial charge in [-0.15, -0.1) is 0 Å². The molecule has 0 unspecified atom stereocenters. The first-order valence-corrected chi connectivity index (χ1v) is 11.4. The molecule has 27 heavy (non-hydrogen) atoms. The molecule has 2 rings (SSSR count). The fourth-order valence-electron chi connectivity index (χ4n) is 3.38. The Kier molecular flexibility index (Phi) is 7.82. The lowest BCUT2D eigenvalue weighted by atomic mass is 9.81. The molecule has 1 saturated heterocycles. The number of amides is 1. The molecule has 1 aromatic carbocycles. The van der Waals surface area contributed by atoms with Gasteiger partial charge in [0.1, 0.15) is 0 Å². The minimum atomic E-state index is -3.51. The summed E-state index contributed by atoms with van der Waals surface area (Å²) in [6, 6.07) is 6.27. The van der Waals surface area contributed by atoms with Crippen molar-refractivity contribution in [2.45, 2.75) is 51.3 Å². The minimum Gasteiger partial charge on any atom is -0.351 e. The maximum atomic E-state index is 12.8. The van der Waals surface area contributed by atoms with Gasteiger partial charge in [0.25, 0.3) is 5.91 Å². The van der Waals surface area contributed by atoms with Crippen molar-refractivity contribution in [3.05, 3.63) is 29.8 Å². The van der Waals surface area contributed by atoms with Crippen LogP contribution in [0.1, 0.15) is 56.8 Å². The Hall–Kier alpha value is -1.44. The number of carbonyl (C=O) groups is 1. The monoisotopic (exact) mass is 395 g/mol. The van der Waals surface area contributed by atoms with E-state index in [0.717, 1.165) is 38.8 Å². The molecular formula is C20H33N3O3S. The zero-order valence-electron chi connectivity index (χ0n) is 16.8. The van der Waals surface area contributed by atoms with Gasteiger partial charge < -0.3 is 10.6 Å². The maximum absolute atomic E-state index is 12.8. The van der Waals surface area contributed by atoms with Crippen LogP contribution in [0.4, 0.5) is 0 Å². The van der Waals surface area contributed by atoms with E-state index in [-0.39, 0.29) is 16.2 Å². The topological polar surface area (TPSA) is 78.5 Å². The van der Waals surface area contributed by atoms with Crippen molar-refractivity contribution in [1.29, 1.82) is 0 Å². The van der Waals surface area contributed by atoms with Gasteiger partial charge in [-0.1, -0.05) is 20.8 Å². The highest BCUT2D eigenvalue weighted by molar-refractivity contribution is 7.89. The second-order valence-corrected chi connectivity index (χ2v) is 9.61. The van der Waals surface area contributed by atoms with Gasteiger partial charge in [0.2, 0.25) is 10.0 Å². The lowest BCUT2D eigenvalue weighted by molar-refractivity contribution is 0.0922. The van der Waals surface area contributed by atoms with E-state index in [0.29, 0.717) is 25.2 Å². The van der Waals surface area contributed by atoms with Crippen LogP contribution in [0, 0.1) is 5.41 Å². The summed E-state index contributed by atoms with van der Waals surface area (Å²) in [5, 5.41) is 6.34. The normalized spacial score (nSPS) is 17.0. The van der Waals surface area contributed by atoms with Crippen molar-refractivity contribution >= 4 is 15.9 Å². The Bertz CT molecular complexity index is 704. The van der Waals surface area contributed by atoms with E-state index in [1.807, 2.05) is 13.8 Å². The summed E-state index contributed by atoms with van der Waals surface area (Å²) in [5.74, 6) is -0.155. The number of hydrogen-bond donors (Lipinski definition) is 2. The van der Waals surface area contributed by atoms with E-state index < -0.39 is 10.0 Å². The van der Waals surface area contributed by atoms with Crippen LogP contribution in [0.25, 0.3) is 0 Å². The first-order valence-electron chi connectivity index (χ1n) is 9.91. The minimum absolute atomic E-state index is 0.116. The van der Waals surface area contributed by atoms with Crippen LogP contribution < -0.4 is 10.6 Å². The highest BCUT2D eigenvalue weighted by Crippen LogP contribution is 2.26.